The Morgan fingerprint density at radius 1 is 1.38 bits per heavy atom. The fourth-order valence-electron chi connectivity index (χ4n) is 3.26. The van der Waals surface area contributed by atoms with E-state index in [9.17, 15) is 4.79 Å². The van der Waals surface area contributed by atoms with Crippen molar-refractivity contribution in [2.45, 2.75) is 57.8 Å². The number of Topliss-reactive ketones (excluding diaryl/α,β-unsaturated/α-hetero) is 1. The summed E-state index contributed by atoms with van der Waals surface area (Å²) in [7, 11) is -1.00. The van der Waals surface area contributed by atoms with Crippen LogP contribution in [0, 0.1) is 11.8 Å². The lowest BCUT2D eigenvalue weighted by atomic mass is 9.71. The molecule has 0 saturated heterocycles. The van der Waals surface area contributed by atoms with E-state index in [-0.39, 0.29) is 0 Å². The number of carbonyl (C=O) groups excluding carboxylic acids is 1. The van der Waals surface area contributed by atoms with Crippen molar-refractivity contribution >= 4 is 13.9 Å². The highest BCUT2D eigenvalue weighted by molar-refractivity contribution is 6.76. The van der Waals surface area contributed by atoms with Gasteiger partial charge in [0, 0.05) is 20.4 Å². The van der Waals surface area contributed by atoms with Crippen LogP contribution in [0.25, 0.3) is 0 Å². The normalized spacial score (nSPS) is 30.9. The number of carbonyl (C=O) groups is 1. The number of allylic oxidation sites excluding steroid dienone is 2. The molecular formula is C14H24OSi. The third-order valence-electron chi connectivity index (χ3n) is 3.93. The number of fused-ring (bicyclic) bond motifs is 1. The monoisotopic (exact) mass is 236 g/mol. The highest BCUT2D eigenvalue weighted by atomic mass is 28.3. The van der Waals surface area contributed by atoms with Crippen LogP contribution in [0.4, 0.5) is 0 Å². The molecule has 0 aromatic carbocycles. The number of ketones is 1. The molecule has 16 heavy (non-hydrogen) atoms. The third-order valence-corrected chi connectivity index (χ3v) is 5.44. The predicted molar refractivity (Wildman–Crippen MR) is 71.3 cm³/mol. The second kappa shape index (κ2) is 4.48. The maximum absolute atomic E-state index is 11.9. The molecule has 0 aromatic heterocycles. The van der Waals surface area contributed by atoms with E-state index < -0.39 is 8.07 Å². The standard InChI is InChI=1S/C14H24OSi/c1-16(2,3)10-11-7-8-12-5-4-6-14(15)13(12)9-11/h7,12-13H,4-6,8-10H2,1-3H3. The van der Waals surface area contributed by atoms with E-state index in [2.05, 4.69) is 25.7 Å². The van der Waals surface area contributed by atoms with Gasteiger partial charge < -0.3 is 0 Å². The van der Waals surface area contributed by atoms with Gasteiger partial charge in [-0.2, -0.15) is 0 Å². The molecule has 0 N–H and O–H groups in total. The van der Waals surface area contributed by atoms with Crippen molar-refractivity contribution in [1.82, 2.24) is 0 Å². The second-order valence-electron chi connectivity index (χ2n) is 6.76. The van der Waals surface area contributed by atoms with Crippen LogP contribution in [0.1, 0.15) is 32.1 Å². The Morgan fingerprint density at radius 3 is 2.81 bits per heavy atom. The Balaban J connectivity index is 2.04. The SMILES string of the molecule is C[Si](C)(C)CC1=CCC2CCCC(=O)C2C1. The first-order chi connectivity index (χ1) is 7.46. The molecule has 0 aliphatic heterocycles. The zero-order valence-corrected chi connectivity index (χ0v) is 11.9. The van der Waals surface area contributed by atoms with Gasteiger partial charge >= 0.3 is 0 Å². The third kappa shape index (κ3) is 2.85. The predicted octanol–water partition coefficient (Wildman–Crippen LogP) is 4.03. The molecule has 2 rings (SSSR count). The first-order valence-electron chi connectivity index (χ1n) is 6.66. The molecule has 0 bridgehead atoms. The van der Waals surface area contributed by atoms with Gasteiger partial charge in [0.1, 0.15) is 5.78 Å². The molecule has 0 aromatic rings. The van der Waals surface area contributed by atoms with Gasteiger partial charge in [0.2, 0.25) is 0 Å². The van der Waals surface area contributed by atoms with Crippen LogP contribution in [-0.2, 0) is 4.79 Å². The molecule has 2 atom stereocenters. The lowest BCUT2D eigenvalue weighted by molar-refractivity contribution is -0.126. The maximum Gasteiger partial charge on any atom is 0.136 e. The van der Waals surface area contributed by atoms with E-state index in [1.54, 1.807) is 5.57 Å². The molecule has 0 spiro atoms. The van der Waals surface area contributed by atoms with Crippen molar-refractivity contribution < 1.29 is 4.79 Å². The molecule has 1 nitrogen and oxygen atoms in total. The highest BCUT2D eigenvalue weighted by Crippen LogP contribution is 2.40. The molecule has 1 fully saturated rings. The van der Waals surface area contributed by atoms with Crippen molar-refractivity contribution in [2.75, 3.05) is 0 Å². The van der Waals surface area contributed by atoms with Gasteiger partial charge in [-0.1, -0.05) is 31.3 Å². The number of hydrogen-bond acceptors (Lipinski definition) is 1. The molecule has 2 aliphatic rings. The lowest BCUT2D eigenvalue weighted by Gasteiger charge is -2.35. The van der Waals surface area contributed by atoms with Crippen LogP contribution in [0.3, 0.4) is 0 Å². The lowest BCUT2D eigenvalue weighted by Crippen LogP contribution is -2.32. The van der Waals surface area contributed by atoms with Crippen molar-refractivity contribution in [3.8, 4) is 0 Å². The number of hydrogen-bond donors (Lipinski definition) is 0. The van der Waals surface area contributed by atoms with Gasteiger partial charge in [-0.3, -0.25) is 4.79 Å². The summed E-state index contributed by atoms with van der Waals surface area (Å²) in [6.07, 6.45) is 7.99. The fourth-order valence-corrected chi connectivity index (χ4v) is 4.91. The van der Waals surface area contributed by atoms with Crippen LogP contribution >= 0.6 is 0 Å². The fraction of sp³-hybridized carbons (Fsp3) is 0.786. The minimum absolute atomic E-state index is 0.394. The van der Waals surface area contributed by atoms with Crippen molar-refractivity contribution in [3.63, 3.8) is 0 Å². The summed E-state index contributed by atoms with van der Waals surface area (Å²) in [5, 5.41) is 0. The van der Waals surface area contributed by atoms with Gasteiger partial charge in [0.25, 0.3) is 0 Å². The summed E-state index contributed by atoms with van der Waals surface area (Å²) in [6, 6.07) is 1.30. The zero-order chi connectivity index (χ0) is 11.8. The minimum atomic E-state index is -1.00. The first-order valence-corrected chi connectivity index (χ1v) is 10.4. The molecule has 0 radical (unpaired) electrons. The molecule has 90 valence electrons. The molecule has 2 heteroatoms. The van der Waals surface area contributed by atoms with Crippen molar-refractivity contribution in [1.29, 1.82) is 0 Å². The quantitative estimate of drug-likeness (QED) is 0.522. The Kier molecular flexibility index (Phi) is 3.39. The van der Waals surface area contributed by atoms with Gasteiger partial charge in [0.15, 0.2) is 0 Å². The van der Waals surface area contributed by atoms with Crippen LogP contribution in [0.2, 0.25) is 25.7 Å². The summed E-state index contributed by atoms with van der Waals surface area (Å²) in [4.78, 5) is 11.9. The molecule has 2 aliphatic carbocycles. The van der Waals surface area contributed by atoms with E-state index in [0.29, 0.717) is 17.6 Å². The van der Waals surface area contributed by atoms with Gasteiger partial charge in [-0.15, -0.1) is 0 Å². The summed E-state index contributed by atoms with van der Waals surface area (Å²) in [5.74, 6) is 1.63. The maximum atomic E-state index is 11.9. The van der Waals surface area contributed by atoms with Crippen LogP contribution in [0.15, 0.2) is 11.6 Å². The largest absolute Gasteiger partial charge is 0.299 e. The Morgan fingerprint density at radius 2 is 2.12 bits per heavy atom. The van der Waals surface area contributed by atoms with Gasteiger partial charge in [0.05, 0.1) is 0 Å². The number of rotatable bonds is 2. The molecule has 2 unspecified atom stereocenters. The van der Waals surface area contributed by atoms with E-state index in [1.807, 2.05) is 0 Å². The molecular weight excluding hydrogens is 212 g/mol. The van der Waals surface area contributed by atoms with E-state index in [4.69, 9.17) is 0 Å². The molecule has 0 amide bonds. The van der Waals surface area contributed by atoms with Gasteiger partial charge in [-0.25, -0.2) is 0 Å². The highest BCUT2D eigenvalue weighted by Gasteiger charge is 2.34. The molecule has 1 saturated carbocycles. The van der Waals surface area contributed by atoms with Gasteiger partial charge in [-0.05, 0) is 37.6 Å². The van der Waals surface area contributed by atoms with Crippen LogP contribution in [0.5, 0.6) is 0 Å². The summed E-state index contributed by atoms with van der Waals surface area (Å²) < 4.78 is 0. The van der Waals surface area contributed by atoms with E-state index in [0.717, 1.165) is 19.3 Å². The molecule has 0 heterocycles. The zero-order valence-electron chi connectivity index (χ0n) is 10.9. The average molecular weight is 236 g/mol. The topological polar surface area (TPSA) is 17.1 Å². The Bertz CT molecular complexity index is 311. The van der Waals surface area contributed by atoms with Crippen LogP contribution < -0.4 is 0 Å². The average Bonchev–Trinajstić information content (AvgIpc) is 2.17. The summed E-state index contributed by atoms with van der Waals surface area (Å²) in [6.45, 7) is 7.26. The summed E-state index contributed by atoms with van der Waals surface area (Å²) >= 11 is 0. The minimum Gasteiger partial charge on any atom is -0.299 e. The Hall–Kier alpha value is -0.373. The van der Waals surface area contributed by atoms with Crippen LogP contribution in [-0.4, -0.2) is 13.9 Å². The van der Waals surface area contributed by atoms with E-state index in [1.165, 1.54) is 18.9 Å². The van der Waals surface area contributed by atoms with Crippen molar-refractivity contribution in [2.24, 2.45) is 11.8 Å². The second-order valence-corrected chi connectivity index (χ2v) is 12.2. The summed E-state index contributed by atoms with van der Waals surface area (Å²) in [5.41, 5.74) is 1.59. The van der Waals surface area contributed by atoms with Crippen molar-refractivity contribution in [3.05, 3.63) is 11.6 Å². The first kappa shape index (κ1) is 12.1. The Labute approximate surface area is 100 Å². The smallest absolute Gasteiger partial charge is 0.136 e. The van der Waals surface area contributed by atoms with E-state index >= 15 is 0 Å².